The van der Waals surface area contributed by atoms with Crippen molar-refractivity contribution in [2.24, 2.45) is 4.99 Å². The summed E-state index contributed by atoms with van der Waals surface area (Å²) >= 11 is 1.79. The minimum Gasteiger partial charge on any atom is -0.325 e. The Morgan fingerprint density at radius 2 is 2.50 bits per heavy atom. The number of aliphatic imine (C=N–C) groups is 1. The predicted molar refractivity (Wildman–Crippen MR) is 47.3 cm³/mol. The smallest absolute Gasteiger partial charge is 0.163 e. The van der Waals surface area contributed by atoms with Crippen LogP contribution in [0.4, 0.5) is 0 Å². The van der Waals surface area contributed by atoms with Crippen LogP contribution in [-0.4, -0.2) is 29.4 Å². The first kappa shape index (κ1) is 7.66. The number of hydrogen-bond acceptors (Lipinski definition) is 2. The molecular weight excluding hydrogens is 144 g/mol. The van der Waals surface area contributed by atoms with Gasteiger partial charge in [-0.1, -0.05) is 18.3 Å². The molecule has 1 rings (SSSR count). The molecule has 0 aromatic rings. The first-order valence-corrected chi connectivity index (χ1v) is 4.27. The van der Waals surface area contributed by atoms with Crippen LogP contribution in [0.5, 0.6) is 0 Å². The molecule has 0 atom stereocenters. The van der Waals surface area contributed by atoms with Crippen molar-refractivity contribution in [2.45, 2.75) is 6.92 Å². The van der Waals surface area contributed by atoms with Crippen molar-refractivity contribution >= 4 is 16.9 Å². The zero-order chi connectivity index (χ0) is 7.56. The summed E-state index contributed by atoms with van der Waals surface area (Å²) in [6.07, 6.45) is 0. The monoisotopic (exact) mass is 156 g/mol. The Morgan fingerprint density at radius 3 is 2.90 bits per heavy atom. The molecule has 2 nitrogen and oxygen atoms in total. The van der Waals surface area contributed by atoms with Crippen molar-refractivity contribution in [3.05, 3.63) is 12.3 Å². The minimum atomic E-state index is 1.06. The summed E-state index contributed by atoms with van der Waals surface area (Å²) in [6, 6.07) is 0. The normalized spacial score (nSPS) is 22.2. The molecule has 0 saturated carbocycles. The lowest BCUT2D eigenvalue weighted by Crippen LogP contribution is -2.21. The zero-order valence-corrected chi connectivity index (χ0v) is 7.24. The van der Waals surface area contributed by atoms with E-state index in [4.69, 9.17) is 0 Å². The van der Waals surface area contributed by atoms with Gasteiger partial charge in [-0.2, -0.15) is 0 Å². The maximum atomic E-state index is 4.13. The van der Waals surface area contributed by atoms with Crippen LogP contribution in [0.3, 0.4) is 0 Å². The average Bonchev–Trinajstić information content (AvgIpc) is 2.33. The predicted octanol–water partition coefficient (Wildman–Crippen LogP) is 1.55. The molecule has 10 heavy (non-hydrogen) atoms. The van der Waals surface area contributed by atoms with Crippen molar-refractivity contribution in [3.8, 4) is 0 Å². The summed E-state index contributed by atoms with van der Waals surface area (Å²) in [5, 5.41) is 1.10. The van der Waals surface area contributed by atoms with Crippen LogP contribution in [0.15, 0.2) is 17.3 Å². The third-order valence-corrected chi connectivity index (χ3v) is 2.48. The molecule has 56 valence electrons. The van der Waals surface area contributed by atoms with Gasteiger partial charge in [-0.3, -0.25) is 4.99 Å². The van der Waals surface area contributed by atoms with Crippen LogP contribution in [0.25, 0.3) is 0 Å². The van der Waals surface area contributed by atoms with Gasteiger partial charge in [0.2, 0.25) is 0 Å². The topological polar surface area (TPSA) is 15.6 Å². The van der Waals surface area contributed by atoms with E-state index in [2.05, 4.69) is 16.5 Å². The van der Waals surface area contributed by atoms with Crippen LogP contribution in [0.2, 0.25) is 0 Å². The van der Waals surface area contributed by atoms with Crippen molar-refractivity contribution in [1.29, 1.82) is 0 Å². The molecule has 0 spiro atoms. The summed E-state index contributed by atoms with van der Waals surface area (Å²) in [5.74, 6) is 1.14. The Morgan fingerprint density at radius 1 is 1.80 bits per heavy atom. The molecule has 1 fully saturated rings. The highest BCUT2D eigenvalue weighted by atomic mass is 32.2. The second-order valence-corrected chi connectivity index (χ2v) is 3.30. The summed E-state index contributed by atoms with van der Waals surface area (Å²) in [7, 11) is 1.82. The van der Waals surface area contributed by atoms with Gasteiger partial charge >= 0.3 is 0 Å². The maximum absolute atomic E-state index is 4.13. The molecule has 0 unspecified atom stereocenters. The maximum Gasteiger partial charge on any atom is 0.163 e. The quantitative estimate of drug-likeness (QED) is 0.572. The highest BCUT2D eigenvalue weighted by Gasteiger charge is 2.18. The largest absolute Gasteiger partial charge is 0.325 e. The summed E-state index contributed by atoms with van der Waals surface area (Å²) in [5.41, 5.74) is 1.09. The van der Waals surface area contributed by atoms with Gasteiger partial charge in [0, 0.05) is 25.0 Å². The summed E-state index contributed by atoms with van der Waals surface area (Å²) in [6.45, 7) is 6.94. The van der Waals surface area contributed by atoms with Crippen molar-refractivity contribution in [2.75, 3.05) is 19.3 Å². The third kappa shape index (κ3) is 1.34. The highest BCUT2D eigenvalue weighted by molar-refractivity contribution is 8.14. The lowest BCUT2D eigenvalue weighted by atomic mass is 10.5. The first-order valence-electron chi connectivity index (χ1n) is 3.28. The molecule has 1 aliphatic rings. The Hall–Kier alpha value is -0.440. The molecule has 3 heteroatoms. The second kappa shape index (κ2) is 3.10. The van der Waals surface area contributed by atoms with Gasteiger partial charge in [0.05, 0.1) is 0 Å². The molecule has 0 N–H and O–H groups in total. The molecule has 0 bridgehead atoms. The second-order valence-electron chi connectivity index (χ2n) is 2.24. The van der Waals surface area contributed by atoms with Crippen LogP contribution >= 0.6 is 11.8 Å². The van der Waals surface area contributed by atoms with Gasteiger partial charge in [0.15, 0.2) is 5.17 Å². The van der Waals surface area contributed by atoms with Crippen LogP contribution in [-0.2, 0) is 0 Å². The molecule has 0 aliphatic carbocycles. The fourth-order valence-electron chi connectivity index (χ4n) is 0.941. The van der Waals surface area contributed by atoms with Gasteiger partial charge in [-0.15, -0.1) is 0 Å². The van der Waals surface area contributed by atoms with E-state index in [0.29, 0.717) is 0 Å². The van der Waals surface area contributed by atoms with E-state index < -0.39 is 0 Å². The van der Waals surface area contributed by atoms with Crippen LogP contribution < -0.4 is 0 Å². The number of hydrogen-bond donors (Lipinski definition) is 0. The summed E-state index contributed by atoms with van der Waals surface area (Å²) in [4.78, 5) is 6.28. The van der Waals surface area contributed by atoms with E-state index in [0.717, 1.165) is 23.2 Å². The van der Waals surface area contributed by atoms with Crippen LogP contribution in [0.1, 0.15) is 6.92 Å². The fourth-order valence-corrected chi connectivity index (χ4v) is 1.93. The van der Waals surface area contributed by atoms with Gasteiger partial charge in [-0.25, -0.2) is 0 Å². The lowest BCUT2D eigenvalue weighted by Gasteiger charge is -2.16. The van der Waals surface area contributed by atoms with Gasteiger partial charge < -0.3 is 4.90 Å². The zero-order valence-electron chi connectivity index (χ0n) is 6.42. The number of amidine groups is 1. The standard InChI is InChI=1S/C7H12N2S/c1-6(2)9-4-5-10-7(9)8-3/h1,4-5H2,2-3H3. The number of thioether (sulfide) groups is 1. The Balaban J connectivity index is 2.68. The van der Waals surface area contributed by atoms with Crippen molar-refractivity contribution < 1.29 is 0 Å². The van der Waals surface area contributed by atoms with Gasteiger partial charge in [-0.05, 0) is 6.92 Å². The summed E-state index contributed by atoms with van der Waals surface area (Å²) < 4.78 is 0. The van der Waals surface area contributed by atoms with Gasteiger partial charge in [0.25, 0.3) is 0 Å². The van der Waals surface area contributed by atoms with E-state index in [1.807, 2.05) is 14.0 Å². The molecule has 0 radical (unpaired) electrons. The molecular formula is C7H12N2S. The average molecular weight is 156 g/mol. The lowest BCUT2D eigenvalue weighted by molar-refractivity contribution is 0.571. The Bertz CT molecular complexity index is 174. The molecule has 1 saturated heterocycles. The Kier molecular flexibility index (Phi) is 2.38. The van der Waals surface area contributed by atoms with Crippen molar-refractivity contribution in [1.82, 2.24) is 4.90 Å². The third-order valence-electron chi connectivity index (χ3n) is 1.43. The first-order chi connectivity index (χ1) is 4.75. The molecule has 0 aromatic carbocycles. The highest BCUT2D eigenvalue weighted by Crippen LogP contribution is 2.20. The van der Waals surface area contributed by atoms with E-state index in [1.54, 1.807) is 11.8 Å². The van der Waals surface area contributed by atoms with Crippen LogP contribution in [0, 0.1) is 0 Å². The van der Waals surface area contributed by atoms with E-state index in [9.17, 15) is 0 Å². The fraction of sp³-hybridized carbons (Fsp3) is 0.571. The van der Waals surface area contributed by atoms with Crippen molar-refractivity contribution in [3.63, 3.8) is 0 Å². The van der Waals surface area contributed by atoms with Gasteiger partial charge in [0.1, 0.15) is 0 Å². The molecule has 1 heterocycles. The number of rotatable bonds is 1. The number of allylic oxidation sites excluding steroid dienone is 1. The molecule has 1 aliphatic heterocycles. The number of nitrogens with zero attached hydrogens (tertiary/aromatic N) is 2. The van der Waals surface area contributed by atoms with E-state index in [1.165, 1.54) is 0 Å². The Labute approximate surface area is 66.0 Å². The minimum absolute atomic E-state index is 1.06. The molecule has 0 aromatic heterocycles. The molecule has 0 amide bonds. The van der Waals surface area contributed by atoms with E-state index >= 15 is 0 Å². The van der Waals surface area contributed by atoms with E-state index in [-0.39, 0.29) is 0 Å². The SMILES string of the molecule is C=C(C)N1CCSC1=NC.